The van der Waals surface area contributed by atoms with E-state index in [9.17, 15) is 8.78 Å². The number of hydrogen-bond acceptors (Lipinski definition) is 1. The Morgan fingerprint density at radius 3 is 1.90 bits per heavy atom. The maximum absolute atomic E-state index is 12.5. The first kappa shape index (κ1) is 15.6. The molecule has 2 aromatic carbocycles. The molecule has 0 saturated carbocycles. The van der Waals surface area contributed by atoms with Crippen LogP contribution in [0.2, 0.25) is 0 Å². The largest absolute Gasteiger partial charge is 0.306 e. The third kappa shape index (κ3) is 4.36. The van der Waals surface area contributed by atoms with Gasteiger partial charge in [0.25, 0.3) is 6.43 Å². The second-order valence-electron chi connectivity index (χ2n) is 5.24. The fourth-order valence-electron chi connectivity index (χ4n) is 2.21. The predicted molar refractivity (Wildman–Crippen MR) is 82.5 cm³/mol. The fraction of sp³-hybridized carbons (Fsp3) is 0.333. The van der Waals surface area contributed by atoms with Crippen LogP contribution in [0.5, 0.6) is 0 Å². The van der Waals surface area contributed by atoms with Crippen LogP contribution in [-0.2, 0) is 13.0 Å². The van der Waals surface area contributed by atoms with Crippen LogP contribution in [-0.4, -0.2) is 0 Å². The lowest BCUT2D eigenvalue weighted by molar-refractivity contribution is 0.151. The van der Waals surface area contributed by atoms with Gasteiger partial charge in [0, 0.05) is 18.2 Å². The summed E-state index contributed by atoms with van der Waals surface area (Å²) in [4.78, 5) is 0. The molecule has 1 atom stereocenters. The number of halogens is 2. The molecule has 0 aliphatic rings. The zero-order valence-electron chi connectivity index (χ0n) is 12.4. The van der Waals surface area contributed by atoms with Crippen molar-refractivity contribution < 1.29 is 8.78 Å². The van der Waals surface area contributed by atoms with Gasteiger partial charge in [-0.3, -0.25) is 0 Å². The first-order valence-corrected chi connectivity index (χ1v) is 7.29. The van der Waals surface area contributed by atoms with Crippen LogP contribution < -0.4 is 5.32 Å². The normalized spacial score (nSPS) is 12.6. The minimum absolute atomic E-state index is 0.0713. The van der Waals surface area contributed by atoms with Crippen molar-refractivity contribution in [2.24, 2.45) is 0 Å². The second kappa shape index (κ2) is 7.32. The van der Waals surface area contributed by atoms with E-state index in [1.165, 1.54) is 23.3 Å². The summed E-state index contributed by atoms with van der Waals surface area (Å²) in [5, 5.41) is 3.41. The SMILES string of the molecule is CCc1ccc(C(C)NCc2ccc(C(F)F)cc2)cc1. The molecule has 0 aromatic heterocycles. The van der Waals surface area contributed by atoms with Crippen molar-refractivity contribution in [3.8, 4) is 0 Å². The molecule has 2 aromatic rings. The molecule has 0 bridgehead atoms. The quantitative estimate of drug-likeness (QED) is 0.785. The van der Waals surface area contributed by atoms with E-state index >= 15 is 0 Å². The van der Waals surface area contributed by atoms with Crippen LogP contribution in [0.25, 0.3) is 0 Å². The lowest BCUT2D eigenvalue weighted by Crippen LogP contribution is -2.18. The molecule has 0 spiro atoms. The van der Waals surface area contributed by atoms with Crippen LogP contribution in [0.1, 0.15) is 48.6 Å². The van der Waals surface area contributed by atoms with Gasteiger partial charge in [0.15, 0.2) is 0 Å². The Balaban J connectivity index is 1.92. The summed E-state index contributed by atoms with van der Waals surface area (Å²) in [5.74, 6) is 0. The van der Waals surface area contributed by atoms with Gasteiger partial charge in [-0.1, -0.05) is 55.5 Å². The summed E-state index contributed by atoms with van der Waals surface area (Å²) in [6, 6.07) is 15.3. The lowest BCUT2D eigenvalue weighted by Gasteiger charge is -2.15. The van der Waals surface area contributed by atoms with E-state index in [0.717, 1.165) is 12.0 Å². The molecule has 0 fully saturated rings. The number of alkyl halides is 2. The molecular weight excluding hydrogens is 268 g/mol. The highest BCUT2D eigenvalue weighted by Crippen LogP contribution is 2.19. The molecule has 1 N–H and O–H groups in total. The van der Waals surface area contributed by atoms with Crippen molar-refractivity contribution in [2.75, 3.05) is 0 Å². The van der Waals surface area contributed by atoms with Gasteiger partial charge in [0.05, 0.1) is 0 Å². The molecule has 1 nitrogen and oxygen atoms in total. The monoisotopic (exact) mass is 289 g/mol. The molecule has 0 aliphatic heterocycles. The summed E-state index contributed by atoms with van der Waals surface area (Å²) < 4.78 is 25.0. The van der Waals surface area contributed by atoms with Crippen LogP contribution in [0.3, 0.4) is 0 Å². The number of hydrogen-bond donors (Lipinski definition) is 1. The highest BCUT2D eigenvalue weighted by molar-refractivity contribution is 5.26. The fourth-order valence-corrected chi connectivity index (χ4v) is 2.21. The van der Waals surface area contributed by atoms with Gasteiger partial charge in [-0.25, -0.2) is 8.78 Å². The van der Waals surface area contributed by atoms with E-state index in [-0.39, 0.29) is 11.6 Å². The molecule has 0 aliphatic carbocycles. The zero-order valence-corrected chi connectivity index (χ0v) is 12.4. The van der Waals surface area contributed by atoms with E-state index < -0.39 is 6.43 Å². The highest BCUT2D eigenvalue weighted by Gasteiger charge is 2.07. The number of benzene rings is 2. The molecule has 3 heteroatoms. The molecule has 112 valence electrons. The molecule has 21 heavy (non-hydrogen) atoms. The zero-order chi connectivity index (χ0) is 15.2. The van der Waals surface area contributed by atoms with Gasteiger partial charge >= 0.3 is 0 Å². The van der Waals surface area contributed by atoms with Gasteiger partial charge in [-0.05, 0) is 30.0 Å². The average molecular weight is 289 g/mol. The Hall–Kier alpha value is -1.74. The lowest BCUT2D eigenvalue weighted by atomic mass is 10.0. The molecule has 0 amide bonds. The molecule has 0 radical (unpaired) electrons. The van der Waals surface area contributed by atoms with Crippen LogP contribution in [0.4, 0.5) is 8.78 Å². The summed E-state index contributed by atoms with van der Waals surface area (Å²) in [5.41, 5.74) is 3.64. The Morgan fingerprint density at radius 1 is 0.857 bits per heavy atom. The maximum atomic E-state index is 12.5. The summed E-state index contributed by atoms with van der Waals surface area (Å²) >= 11 is 0. The Morgan fingerprint density at radius 2 is 1.38 bits per heavy atom. The summed E-state index contributed by atoms with van der Waals surface area (Å²) in [6.07, 6.45) is -1.36. The van der Waals surface area contributed by atoms with Crippen molar-refractivity contribution in [2.45, 2.75) is 39.3 Å². The van der Waals surface area contributed by atoms with Crippen molar-refractivity contribution in [1.82, 2.24) is 5.32 Å². The first-order chi connectivity index (χ1) is 10.1. The second-order valence-corrected chi connectivity index (χ2v) is 5.24. The predicted octanol–water partition coefficient (Wildman–Crippen LogP) is 5.04. The molecule has 0 heterocycles. The summed E-state index contributed by atoms with van der Waals surface area (Å²) in [6.45, 7) is 4.91. The average Bonchev–Trinajstić information content (AvgIpc) is 2.53. The minimum atomic E-state index is -2.40. The molecular formula is C18H21F2N. The molecule has 0 saturated heterocycles. The van der Waals surface area contributed by atoms with Crippen molar-refractivity contribution >= 4 is 0 Å². The van der Waals surface area contributed by atoms with Crippen LogP contribution in [0, 0.1) is 0 Å². The van der Waals surface area contributed by atoms with E-state index in [1.54, 1.807) is 12.1 Å². The Labute approximate surface area is 125 Å². The van der Waals surface area contributed by atoms with Gasteiger partial charge in [-0.2, -0.15) is 0 Å². The molecule has 2 rings (SSSR count). The van der Waals surface area contributed by atoms with Gasteiger partial charge < -0.3 is 5.32 Å². The van der Waals surface area contributed by atoms with Gasteiger partial charge in [0.1, 0.15) is 0 Å². The standard InChI is InChI=1S/C18H21F2N/c1-3-14-4-8-16(9-5-14)13(2)21-12-15-6-10-17(11-7-15)18(19)20/h4-11,13,18,21H,3,12H2,1-2H3. The number of aryl methyl sites for hydroxylation is 1. The van der Waals surface area contributed by atoms with Gasteiger partial charge in [-0.15, -0.1) is 0 Å². The van der Waals surface area contributed by atoms with E-state index in [4.69, 9.17) is 0 Å². The minimum Gasteiger partial charge on any atom is -0.306 e. The van der Waals surface area contributed by atoms with Crippen LogP contribution in [0.15, 0.2) is 48.5 Å². The van der Waals surface area contributed by atoms with Crippen LogP contribution >= 0.6 is 0 Å². The first-order valence-electron chi connectivity index (χ1n) is 7.29. The molecule has 1 unspecified atom stereocenters. The topological polar surface area (TPSA) is 12.0 Å². The van der Waals surface area contributed by atoms with E-state index in [1.807, 2.05) is 0 Å². The van der Waals surface area contributed by atoms with E-state index in [0.29, 0.717) is 6.54 Å². The smallest absolute Gasteiger partial charge is 0.263 e. The number of nitrogens with one attached hydrogen (secondary N) is 1. The third-order valence-electron chi connectivity index (χ3n) is 3.73. The van der Waals surface area contributed by atoms with Crippen molar-refractivity contribution in [3.05, 3.63) is 70.8 Å². The summed E-state index contributed by atoms with van der Waals surface area (Å²) in [7, 11) is 0. The number of rotatable bonds is 6. The maximum Gasteiger partial charge on any atom is 0.263 e. The van der Waals surface area contributed by atoms with Crippen molar-refractivity contribution in [1.29, 1.82) is 0 Å². The highest BCUT2D eigenvalue weighted by atomic mass is 19.3. The Kier molecular flexibility index (Phi) is 5.45. The Bertz CT molecular complexity index is 546. The van der Waals surface area contributed by atoms with Gasteiger partial charge in [0.2, 0.25) is 0 Å². The third-order valence-corrected chi connectivity index (χ3v) is 3.73. The van der Waals surface area contributed by atoms with Crippen molar-refractivity contribution in [3.63, 3.8) is 0 Å². The van der Waals surface area contributed by atoms with E-state index in [2.05, 4.69) is 43.4 Å².